The lowest BCUT2D eigenvalue weighted by atomic mass is 10.1. The maximum atomic E-state index is 13.1. The molecule has 0 saturated heterocycles. The number of ether oxygens (including phenoxy) is 1. The summed E-state index contributed by atoms with van der Waals surface area (Å²) in [7, 11) is 1.63. The Morgan fingerprint density at radius 1 is 1.11 bits per heavy atom. The van der Waals surface area contributed by atoms with E-state index < -0.39 is 0 Å². The van der Waals surface area contributed by atoms with E-state index in [1.807, 2.05) is 31.2 Å². The normalized spacial score (nSPS) is 11.0. The average molecular weight is 379 g/mol. The molecule has 142 valence electrons. The van der Waals surface area contributed by atoms with Crippen molar-refractivity contribution in [3.63, 3.8) is 0 Å². The molecule has 0 amide bonds. The molecule has 0 fully saturated rings. The van der Waals surface area contributed by atoms with E-state index in [1.54, 1.807) is 23.9 Å². The molecule has 0 unspecified atom stereocenters. The summed E-state index contributed by atoms with van der Waals surface area (Å²) >= 11 is 0. The first kappa shape index (κ1) is 17.8. The lowest BCUT2D eigenvalue weighted by molar-refractivity contribution is 0.385. The Hall–Kier alpha value is -3.55. The van der Waals surface area contributed by atoms with Crippen LogP contribution in [0.4, 0.5) is 4.39 Å². The zero-order chi connectivity index (χ0) is 19.5. The minimum absolute atomic E-state index is 0.268. The second kappa shape index (κ2) is 7.59. The molecule has 4 rings (SSSR count). The van der Waals surface area contributed by atoms with Crippen molar-refractivity contribution in [3.05, 3.63) is 77.1 Å². The summed E-state index contributed by atoms with van der Waals surface area (Å²) in [5, 5.41) is 12.4. The van der Waals surface area contributed by atoms with Gasteiger partial charge in [0.2, 0.25) is 11.7 Å². The predicted octanol–water partition coefficient (Wildman–Crippen LogP) is 3.42. The van der Waals surface area contributed by atoms with E-state index in [0.717, 1.165) is 22.6 Å². The lowest BCUT2D eigenvalue weighted by Crippen LogP contribution is -2.04. The third-order valence-electron chi connectivity index (χ3n) is 4.40. The quantitative estimate of drug-likeness (QED) is 0.511. The highest BCUT2D eigenvalue weighted by Crippen LogP contribution is 2.20. The van der Waals surface area contributed by atoms with Crippen LogP contribution in [0.2, 0.25) is 0 Å². The summed E-state index contributed by atoms with van der Waals surface area (Å²) in [4.78, 5) is 4.44. The second-order valence-electron chi connectivity index (χ2n) is 6.35. The van der Waals surface area contributed by atoms with Crippen LogP contribution >= 0.6 is 0 Å². The van der Waals surface area contributed by atoms with E-state index >= 15 is 0 Å². The molecule has 0 saturated carbocycles. The lowest BCUT2D eigenvalue weighted by Gasteiger charge is -2.03. The van der Waals surface area contributed by atoms with Gasteiger partial charge in [0.05, 0.1) is 25.8 Å². The first-order valence-electron chi connectivity index (χ1n) is 8.73. The van der Waals surface area contributed by atoms with Gasteiger partial charge in [0.1, 0.15) is 11.6 Å². The van der Waals surface area contributed by atoms with Crippen LogP contribution in [0.25, 0.3) is 11.5 Å². The molecule has 7 nitrogen and oxygen atoms in total. The number of methoxy groups -OCH3 is 1. The van der Waals surface area contributed by atoms with Crippen LogP contribution < -0.4 is 4.74 Å². The van der Waals surface area contributed by atoms with Crippen molar-refractivity contribution in [3.8, 4) is 17.3 Å². The van der Waals surface area contributed by atoms with Crippen molar-refractivity contribution in [2.45, 2.75) is 19.9 Å². The molecule has 0 N–H and O–H groups in total. The second-order valence-corrected chi connectivity index (χ2v) is 6.35. The van der Waals surface area contributed by atoms with E-state index in [9.17, 15) is 4.39 Å². The first-order valence-corrected chi connectivity index (χ1v) is 8.73. The number of nitrogens with zero attached hydrogens (tertiary/aromatic N) is 5. The van der Waals surface area contributed by atoms with Crippen molar-refractivity contribution in [1.82, 2.24) is 25.1 Å². The van der Waals surface area contributed by atoms with Crippen molar-refractivity contribution in [1.29, 1.82) is 0 Å². The van der Waals surface area contributed by atoms with Crippen LogP contribution in [-0.2, 0) is 13.0 Å². The molecule has 2 aromatic heterocycles. The number of hydrogen-bond acceptors (Lipinski definition) is 6. The maximum Gasteiger partial charge on any atom is 0.231 e. The van der Waals surface area contributed by atoms with Gasteiger partial charge < -0.3 is 9.26 Å². The molecule has 8 heteroatoms. The van der Waals surface area contributed by atoms with Crippen LogP contribution in [0.1, 0.15) is 22.7 Å². The minimum Gasteiger partial charge on any atom is -0.497 e. The van der Waals surface area contributed by atoms with Gasteiger partial charge in [-0.05, 0) is 42.3 Å². The van der Waals surface area contributed by atoms with E-state index in [-0.39, 0.29) is 5.82 Å². The highest BCUT2D eigenvalue weighted by atomic mass is 19.1. The van der Waals surface area contributed by atoms with E-state index in [4.69, 9.17) is 9.26 Å². The summed E-state index contributed by atoms with van der Waals surface area (Å²) < 4.78 is 25.4. The standard InChI is InChI=1S/C20H18FN5O2/c1-13-19(23-25-26(13)12-14-6-8-16(21)9-7-14)20-22-18(28-24-20)11-15-4-3-5-17(10-15)27-2/h3-10H,11-12H2,1-2H3. The zero-order valence-corrected chi connectivity index (χ0v) is 15.5. The van der Waals surface area contributed by atoms with Gasteiger partial charge in [0.25, 0.3) is 0 Å². The third-order valence-corrected chi connectivity index (χ3v) is 4.40. The Bertz CT molecular complexity index is 1090. The van der Waals surface area contributed by atoms with Gasteiger partial charge in [0.15, 0.2) is 5.69 Å². The van der Waals surface area contributed by atoms with Gasteiger partial charge in [-0.15, -0.1) is 5.10 Å². The molecule has 2 heterocycles. The van der Waals surface area contributed by atoms with E-state index in [0.29, 0.717) is 30.4 Å². The van der Waals surface area contributed by atoms with Crippen molar-refractivity contribution >= 4 is 0 Å². The molecular formula is C20H18FN5O2. The number of aromatic nitrogens is 5. The molecule has 28 heavy (non-hydrogen) atoms. The minimum atomic E-state index is -0.268. The summed E-state index contributed by atoms with van der Waals surface area (Å²) in [6, 6.07) is 14.0. The van der Waals surface area contributed by atoms with Crippen LogP contribution in [-0.4, -0.2) is 32.2 Å². The highest BCUT2D eigenvalue weighted by molar-refractivity contribution is 5.50. The predicted molar refractivity (Wildman–Crippen MR) is 99.4 cm³/mol. The summed E-state index contributed by atoms with van der Waals surface area (Å²) in [5.41, 5.74) is 3.29. The van der Waals surface area contributed by atoms with Gasteiger partial charge in [-0.3, -0.25) is 0 Å². The molecule has 2 aromatic carbocycles. The fraction of sp³-hybridized carbons (Fsp3) is 0.200. The molecular weight excluding hydrogens is 361 g/mol. The molecule has 4 aromatic rings. The van der Waals surface area contributed by atoms with Crippen LogP contribution in [0.3, 0.4) is 0 Å². The molecule has 0 spiro atoms. The Morgan fingerprint density at radius 2 is 1.93 bits per heavy atom. The fourth-order valence-electron chi connectivity index (χ4n) is 2.86. The van der Waals surface area contributed by atoms with E-state index in [1.165, 1.54) is 12.1 Å². The van der Waals surface area contributed by atoms with Crippen molar-refractivity contribution < 1.29 is 13.7 Å². The average Bonchev–Trinajstić information content (AvgIpc) is 3.30. The highest BCUT2D eigenvalue weighted by Gasteiger charge is 2.17. The Kier molecular flexibility index (Phi) is 4.84. The molecule has 0 radical (unpaired) electrons. The van der Waals surface area contributed by atoms with Gasteiger partial charge in [-0.2, -0.15) is 4.98 Å². The number of hydrogen-bond donors (Lipinski definition) is 0. The number of benzene rings is 2. The van der Waals surface area contributed by atoms with Gasteiger partial charge >= 0.3 is 0 Å². The molecule has 0 atom stereocenters. The van der Waals surface area contributed by atoms with Crippen molar-refractivity contribution in [2.24, 2.45) is 0 Å². The summed E-state index contributed by atoms with van der Waals surface area (Å²) in [5.74, 6) is 1.38. The zero-order valence-electron chi connectivity index (χ0n) is 15.5. The van der Waals surface area contributed by atoms with Crippen LogP contribution in [0.5, 0.6) is 5.75 Å². The first-order chi connectivity index (χ1) is 13.6. The third kappa shape index (κ3) is 3.75. The van der Waals surface area contributed by atoms with E-state index in [2.05, 4.69) is 20.5 Å². The largest absolute Gasteiger partial charge is 0.497 e. The Labute approximate surface area is 160 Å². The van der Waals surface area contributed by atoms with Crippen LogP contribution in [0.15, 0.2) is 53.1 Å². The number of rotatable bonds is 6. The monoisotopic (exact) mass is 379 g/mol. The topological polar surface area (TPSA) is 78.9 Å². The maximum absolute atomic E-state index is 13.1. The van der Waals surface area contributed by atoms with Gasteiger partial charge in [0, 0.05) is 0 Å². The van der Waals surface area contributed by atoms with Gasteiger partial charge in [-0.1, -0.05) is 34.6 Å². The Balaban J connectivity index is 1.52. The molecule has 0 bridgehead atoms. The Morgan fingerprint density at radius 3 is 2.71 bits per heavy atom. The fourth-order valence-corrected chi connectivity index (χ4v) is 2.86. The summed E-state index contributed by atoms with van der Waals surface area (Å²) in [6.07, 6.45) is 0.493. The number of halogens is 1. The smallest absolute Gasteiger partial charge is 0.231 e. The summed E-state index contributed by atoms with van der Waals surface area (Å²) in [6.45, 7) is 2.37. The van der Waals surface area contributed by atoms with Gasteiger partial charge in [-0.25, -0.2) is 9.07 Å². The molecule has 0 aliphatic rings. The SMILES string of the molecule is COc1cccc(Cc2nc(-c3nnn(Cc4ccc(F)cc4)c3C)no2)c1. The molecule has 0 aliphatic heterocycles. The molecule has 0 aliphatic carbocycles. The van der Waals surface area contributed by atoms with Crippen molar-refractivity contribution in [2.75, 3.05) is 7.11 Å². The van der Waals surface area contributed by atoms with Crippen LogP contribution in [0, 0.1) is 12.7 Å².